The number of carbonyl (C=O) groups is 1. The zero-order valence-corrected chi connectivity index (χ0v) is 21.3. The third kappa shape index (κ3) is 6.31. The molecule has 0 atom stereocenters. The van der Waals surface area contributed by atoms with E-state index in [0.717, 1.165) is 32.4 Å². The van der Waals surface area contributed by atoms with Crippen LogP contribution in [0.4, 0.5) is 22.2 Å². The number of nitriles is 1. The van der Waals surface area contributed by atoms with Gasteiger partial charge in [-0.05, 0) is 61.7 Å². The Hall–Kier alpha value is -3.66. The van der Waals surface area contributed by atoms with Crippen molar-refractivity contribution >= 4 is 66.8 Å². The lowest BCUT2D eigenvalue weighted by Gasteiger charge is -2.30. The number of anilines is 4. The molecule has 0 aliphatic carbocycles. The second-order valence-corrected chi connectivity index (χ2v) is 10.8. The molecule has 0 unspecified atom stereocenters. The van der Waals surface area contributed by atoms with Gasteiger partial charge in [0.25, 0.3) is 15.9 Å². The molecule has 3 aromatic rings. The third-order valence-electron chi connectivity index (χ3n) is 5.31. The summed E-state index contributed by atoms with van der Waals surface area (Å²) >= 11 is 7.12. The van der Waals surface area contributed by atoms with Gasteiger partial charge in [0.1, 0.15) is 11.0 Å². The van der Waals surface area contributed by atoms with E-state index >= 15 is 0 Å². The molecule has 0 saturated carbocycles. The van der Waals surface area contributed by atoms with Gasteiger partial charge in [-0.3, -0.25) is 20.3 Å². The summed E-state index contributed by atoms with van der Waals surface area (Å²) in [7, 11) is -4.00. The first kappa shape index (κ1) is 25.4. The van der Waals surface area contributed by atoms with E-state index < -0.39 is 21.6 Å². The Morgan fingerprint density at radius 1 is 1.11 bits per heavy atom. The summed E-state index contributed by atoms with van der Waals surface area (Å²) in [6, 6.07) is 12.9. The zero-order valence-electron chi connectivity index (χ0n) is 18.9. The molecule has 0 radical (unpaired) electrons. The number of sulfonamides is 1. The summed E-state index contributed by atoms with van der Waals surface area (Å²) in [5.41, 5.74) is 3.42. The first-order valence-electron chi connectivity index (χ1n) is 11.0. The van der Waals surface area contributed by atoms with Crippen molar-refractivity contribution in [2.45, 2.75) is 24.2 Å². The first-order chi connectivity index (χ1) is 17.4. The van der Waals surface area contributed by atoms with Crippen LogP contribution in [0.25, 0.3) is 0 Å². The lowest BCUT2D eigenvalue weighted by atomic mass is 10.1. The standard InChI is InChI=1S/C23H22ClN7O3S2/c24-16-4-6-17(7-5-16)30-36(33,34)21-14-18(8-9-20(21)31-11-2-1-3-12-31)28-29-19(15-25)22(32)27-23-26-10-13-35-23/h4-10,13-14,28,30H,1-3,11-12H2,(H,26,27,32)/b29-19+. The topological polar surface area (TPSA) is 140 Å². The number of hydrogen-bond donors (Lipinski definition) is 3. The Morgan fingerprint density at radius 3 is 2.50 bits per heavy atom. The monoisotopic (exact) mass is 543 g/mol. The molecule has 186 valence electrons. The molecule has 2 aromatic carbocycles. The predicted octanol–water partition coefficient (Wildman–Crippen LogP) is 4.52. The summed E-state index contributed by atoms with van der Waals surface area (Å²) in [6.45, 7) is 1.48. The number of nitrogens with one attached hydrogen (secondary N) is 3. The number of hydrazone groups is 1. The summed E-state index contributed by atoms with van der Waals surface area (Å²) in [6.07, 6.45) is 4.55. The van der Waals surface area contributed by atoms with Crippen molar-refractivity contribution in [3.05, 3.63) is 59.1 Å². The molecule has 3 N–H and O–H groups in total. The van der Waals surface area contributed by atoms with Crippen molar-refractivity contribution in [1.29, 1.82) is 5.26 Å². The predicted molar refractivity (Wildman–Crippen MR) is 142 cm³/mol. The van der Waals surface area contributed by atoms with Gasteiger partial charge in [0, 0.05) is 35.4 Å². The largest absolute Gasteiger partial charge is 0.370 e. The fraction of sp³-hybridized carbons (Fsp3) is 0.217. The van der Waals surface area contributed by atoms with Gasteiger partial charge in [-0.2, -0.15) is 10.4 Å². The second kappa shape index (κ2) is 11.4. The molecule has 0 spiro atoms. The molecule has 1 amide bonds. The highest BCUT2D eigenvalue weighted by Gasteiger charge is 2.24. The van der Waals surface area contributed by atoms with Crippen LogP contribution in [0.2, 0.25) is 5.02 Å². The normalized spacial score (nSPS) is 14.1. The van der Waals surface area contributed by atoms with Crippen molar-refractivity contribution in [2.24, 2.45) is 5.10 Å². The van der Waals surface area contributed by atoms with E-state index in [9.17, 15) is 18.5 Å². The third-order valence-corrected chi connectivity index (χ3v) is 7.66. The summed E-state index contributed by atoms with van der Waals surface area (Å²) < 4.78 is 29.4. The van der Waals surface area contributed by atoms with Gasteiger partial charge < -0.3 is 4.90 Å². The molecule has 1 saturated heterocycles. The Balaban J connectivity index is 1.62. The quantitative estimate of drug-likeness (QED) is 0.280. The SMILES string of the molecule is N#C/C(=N\Nc1ccc(N2CCCCC2)c(S(=O)(=O)Nc2ccc(Cl)cc2)c1)C(=O)Nc1nccs1. The molecule has 2 heterocycles. The molecule has 10 nitrogen and oxygen atoms in total. The minimum atomic E-state index is -4.00. The molecule has 4 rings (SSSR count). The number of carbonyl (C=O) groups excluding carboxylic acids is 1. The highest BCUT2D eigenvalue weighted by molar-refractivity contribution is 7.92. The molecule has 1 fully saturated rings. The molecule has 1 aliphatic heterocycles. The van der Waals surface area contributed by atoms with Crippen molar-refractivity contribution in [1.82, 2.24) is 4.98 Å². The number of hydrogen-bond acceptors (Lipinski definition) is 9. The van der Waals surface area contributed by atoms with Crippen LogP contribution >= 0.6 is 22.9 Å². The van der Waals surface area contributed by atoms with Crippen LogP contribution in [0, 0.1) is 11.3 Å². The fourth-order valence-corrected chi connectivity index (χ4v) is 5.57. The Labute approximate surface area is 217 Å². The number of rotatable bonds is 8. The van der Waals surface area contributed by atoms with E-state index in [1.54, 1.807) is 47.8 Å². The molecular formula is C23H22ClN7O3S2. The number of amides is 1. The Morgan fingerprint density at radius 2 is 1.83 bits per heavy atom. The van der Waals surface area contributed by atoms with Crippen molar-refractivity contribution in [2.75, 3.05) is 33.5 Å². The van der Waals surface area contributed by atoms with E-state index in [-0.39, 0.29) is 4.90 Å². The lowest BCUT2D eigenvalue weighted by molar-refractivity contribution is -0.110. The van der Waals surface area contributed by atoms with Crippen LogP contribution in [0.15, 0.2) is 64.0 Å². The average Bonchev–Trinajstić information content (AvgIpc) is 3.39. The molecule has 13 heteroatoms. The maximum atomic E-state index is 13.4. The second-order valence-electron chi connectivity index (χ2n) is 7.82. The molecule has 1 aromatic heterocycles. The maximum absolute atomic E-state index is 13.4. The highest BCUT2D eigenvalue weighted by atomic mass is 35.5. The van der Waals surface area contributed by atoms with Crippen LogP contribution in [0.3, 0.4) is 0 Å². The summed E-state index contributed by atoms with van der Waals surface area (Å²) in [5, 5.41) is 18.2. The molecular weight excluding hydrogens is 522 g/mol. The van der Waals surface area contributed by atoms with E-state index in [4.69, 9.17) is 11.6 Å². The first-order valence-corrected chi connectivity index (χ1v) is 13.7. The number of halogens is 1. The van der Waals surface area contributed by atoms with Crippen molar-refractivity contribution in [3.8, 4) is 6.07 Å². The Kier molecular flexibility index (Phi) is 8.04. The van der Waals surface area contributed by atoms with Gasteiger partial charge in [0.15, 0.2) is 5.13 Å². The number of piperidine rings is 1. The van der Waals surface area contributed by atoms with E-state index in [1.165, 1.54) is 23.6 Å². The van der Waals surface area contributed by atoms with Crippen LogP contribution in [0.1, 0.15) is 19.3 Å². The van der Waals surface area contributed by atoms with Gasteiger partial charge in [-0.15, -0.1) is 11.3 Å². The van der Waals surface area contributed by atoms with E-state index in [1.807, 2.05) is 4.90 Å². The summed E-state index contributed by atoms with van der Waals surface area (Å²) in [4.78, 5) is 18.3. The molecule has 36 heavy (non-hydrogen) atoms. The number of thiazole rings is 1. The molecule has 1 aliphatic rings. The smallest absolute Gasteiger partial charge is 0.288 e. The van der Waals surface area contributed by atoms with Crippen LogP contribution in [-0.2, 0) is 14.8 Å². The van der Waals surface area contributed by atoms with Gasteiger partial charge in [0.2, 0.25) is 5.71 Å². The average molecular weight is 544 g/mol. The number of aromatic nitrogens is 1. The van der Waals surface area contributed by atoms with E-state index in [0.29, 0.717) is 27.2 Å². The lowest BCUT2D eigenvalue weighted by Crippen LogP contribution is -2.31. The van der Waals surface area contributed by atoms with Crippen LogP contribution < -0.4 is 20.4 Å². The summed E-state index contributed by atoms with van der Waals surface area (Å²) in [5.74, 6) is -0.734. The van der Waals surface area contributed by atoms with Crippen molar-refractivity contribution in [3.63, 3.8) is 0 Å². The Bertz CT molecular complexity index is 1400. The fourth-order valence-electron chi connectivity index (χ4n) is 3.61. The highest BCUT2D eigenvalue weighted by Crippen LogP contribution is 2.32. The minimum Gasteiger partial charge on any atom is -0.370 e. The number of benzene rings is 2. The molecule has 0 bridgehead atoms. The van der Waals surface area contributed by atoms with Crippen molar-refractivity contribution < 1.29 is 13.2 Å². The minimum absolute atomic E-state index is 0.0466. The van der Waals surface area contributed by atoms with E-state index in [2.05, 4.69) is 25.6 Å². The van der Waals surface area contributed by atoms with Crippen LogP contribution in [0.5, 0.6) is 0 Å². The van der Waals surface area contributed by atoms with Gasteiger partial charge in [-0.25, -0.2) is 13.4 Å². The van der Waals surface area contributed by atoms with Crippen LogP contribution in [-0.4, -0.2) is 38.1 Å². The van der Waals surface area contributed by atoms with Gasteiger partial charge in [-0.1, -0.05) is 11.6 Å². The van der Waals surface area contributed by atoms with Gasteiger partial charge >= 0.3 is 0 Å². The number of nitrogens with zero attached hydrogens (tertiary/aromatic N) is 4. The van der Waals surface area contributed by atoms with Gasteiger partial charge in [0.05, 0.1) is 11.4 Å². The zero-order chi connectivity index (χ0) is 25.5. The maximum Gasteiger partial charge on any atom is 0.288 e.